The molecule has 2 amide bonds. The summed E-state index contributed by atoms with van der Waals surface area (Å²) in [4.78, 5) is 34.0. The van der Waals surface area contributed by atoms with Crippen LogP contribution in [0.25, 0.3) is 10.8 Å². The number of amides is 2. The Morgan fingerprint density at radius 3 is 2.35 bits per heavy atom. The van der Waals surface area contributed by atoms with Crippen LogP contribution in [0, 0.1) is 10.1 Å². The van der Waals surface area contributed by atoms with Crippen LogP contribution >= 0.6 is 44.1 Å². The van der Waals surface area contributed by atoms with E-state index in [1.807, 2.05) is 24.3 Å². The summed E-state index contributed by atoms with van der Waals surface area (Å²) in [6.45, 7) is -0.684. The Labute approximate surface area is 215 Å². The van der Waals surface area contributed by atoms with Crippen LogP contribution in [0.3, 0.4) is 0 Å². The van der Waals surface area contributed by atoms with Crippen molar-refractivity contribution in [3.8, 4) is 11.5 Å². The van der Waals surface area contributed by atoms with Crippen LogP contribution in [-0.2, 0) is 9.59 Å². The van der Waals surface area contributed by atoms with E-state index in [0.717, 1.165) is 15.2 Å². The van der Waals surface area contributed by atoms with E-state index in [2.05, 4.69) is 48.0 Å². The van der Waals surface area contributed by atoms with Gasteiger partial charge in [0.05, 0.1) is 9.40 Å². The second-order valence-electron chi connectivity index (χ2n) is 6.62. The molecule has 0 aliphatic heterocycles. The van der Waals surface area contributed by atoms with Gasteiger partial charge in [-0.2, -0.15) is 0 Å². The number of nitro benzene ring substituents is 1. The van der Waals surface area contributed by atoms with E-state index in [9.17, 15) is 19.7 Å². The summed E-state index contributed by atoms with van der Waals surface area (Å²) in [5, 5.41) is 14.8. The molecule has 0 saturated carbocycles. The third-order valence-corrected chi connectivity index (χ3v) is 5.74. The molecule has 3 aromatic carbocycles. The van der Waals surface area contributed by atoms with Crippen LogP contribution in [0.1, 0.15) is 0 Å². The van der Waals surface area contributed by atoms with Crippen LogP contribution < -0.4 is 25.6 Å². The average molecular weight is 612 g/mol. The lowest BCUT2D eigenvalue weighted by atomic mass is 10.1. The number of carbonyl (C=O) groups is 2. The smallest absolute Gasteiger partial charge is 0.276 e. The summed E-state index contributed by atoms with van der Waals surface area (Å²) < 4.78 is 12.5. The number of halogens is 2. The first-order valence-electron chi connectivity index (χ1n) is 9.49. The Hall–Kier alpha value is -3.29. The Bertz CT molecular complexity index is 1260. The van der Waals surface area contributed by atoms with Crippen molar-refractivity contribution in [1.82, 2.24) is 16.2 Å². The van der Waals surface area contributed by atoms with Gasteiger partial charge in [0, 0.05) is 16.6 Å². The minimum absolute atomic E-state index is 0.0928. The minimum Gasteiger partial charge on any atom is -0.484 e. The number of thiocarbonyl (C=S) groups is 1. The van der Waals surface area contributed by atoms with E-state index in [0.29, 0.717) is 10.2 Å². The number of nitro groups is 1. The maximum absolute atomic E-state index is 12.1. The Kier molecular flexibility index (Phi) is 8.73. The van der Waals surface area contributed by atoms with Gasteiger partial charge in [-0.3, -0.25) is 35.9 Å². The number of nitrogens with one attached hydrogen (secondary N) is 3. The van der Waals surface area contributed by atoms with Crippen molar-refractivity contribution in [3.05, 3.63) is 73.7 Å². The SMILES string of the molecule is O=C(COc1ccc([N+](=O)[O-])cc1)NNC(=S)NC(=O)COc1ccc2cc(Br)ccc2c1Br. The highest BCUT2D eigenvalue weighted by molar-refractivity contribution is 9.11. The maximum atomic E-state index is 12.1. The van der Waals surface area contributed by atoms with Gasteiger partial charge in [-0.1, -0.05) is 28.1 Å². The molecule has 3 aromatic rings. The lowest BCUT2D eigenvalue weighted by Gasteiger charge is -2.13. The third kappa shape index (κ3) is 7.10. The van der Waals surface area contributed by atoms with Crippen molar-refractivity contribution < 1.29 is 24.0 Å². The molecule has 176 valence electrons. The number of hydrogen-bond donors (Lipinski definition) is 3. The predicted molar refractivity (Wildman–Crippen MR) is 135 cm³/mol. The number of non-ortho nitro benzene ring substituents is 1. The number of fused-ring (bicyclic) bond motifs is 1. The van der Waals surface area contributed by atoms with E-state index in [1.165, 1.54) is 24.3 Å². The fourth-order valence-corrected chi connectivity index (χ4v) is 3.82. The van der Waals surface area contributed by atoms with Gasteiger partial charge < -0.3 is 9.47 Å². The lowest BCUT2D eigenvalue weighted by Crippen LogP contribution is -2.50. The molecule has 10 nitrogen and oxygen atoms in total. The van der Waals surface area contributed by atoms with E-state index < -0.39 is 16.7 Å². The van der Waals surface area contributed by atoms with E-state index in [-0.39, 0.29) is 29.8 Å². The number of hydrogen-bond acceptors (Lipinski definition) is 7. The van der Waals surface area contributed by atoms with Gasteiger partial charge in [-0.25, -0.2) is 0 Å². The van der Waals surface area contributed by atoms with Crippen molar-refractivity contribution in [2.24, 2.45) is 0 Å². The fourth-order valence-electron chi connectivity index (χ4n) is 2.67. The molecular formula is C21H16Br2N4O6S. The molecule has 0 bridgehead atoms. The first kappa shape index (κ1) is 25.3. The molecular weight excluding hydrogens is 596 g/mol. The zero-order chi connectivity index (χ0) is 24.7. The number of ether oxygens (including phenoxy) is 2. The molecule has 13 heteroatoms. The van der Waals surface area contributed by atoms with E-state index in [1.54, 1.807) is 6.07 Å². The van der Waals surface area contributed by atoms with Gasteiger partial charge in [0.25, 0.3) is 17.5 Å². The van der Waals surface area contributed by atoms with Gasteiger partial charge in [0.1, 0.15) is 11.5 Å². The zero-order valence-corrected chi connectivity index (χ0v) is 21.2. The minimum atomic E-state index is -0.585. The molecule has 0 unspecified atom stereocenters. The van der Waals surface area contributed by atoms with Gasteiger partial charge in [-0.15, -0.1) is 0 Å². The second-order valence-corrected chi connectivity index (χ2v) is 8.74. The van der Waals surface area contributed by atoms with E-state index in [4.69, 9.17) is 21.7 Å². The van der Waals surface area contributed by atoms with Crippen LogP contribution in [-0.4, -0.2) is 35.1 Å². The Morgan fingerprint density at radius 1 is 0.941 bits per heavy atom. The van der Waals surface area contributed by atoms with Crippen LogP contribution in [0.4, 0.5) is 5.69 Å². The summed E-state index contributed by atoms with van der Waals surface area (Å²) in [6.07, 6.45) is 0. The molecule has 0 atom stereocenters. The van der Waals surface area contributed by atoms with Crippen molar-refractivity contribution in [1.29, 1.82) is 0 Å². The van der Waals surface area contributed by atoms with Gasteiger partial charge in [-0.05, 0) is 69.3 Å². The van der Waals surface area contributed by atoms with Gasteiger partial charge in [0.15, 0.2) is 18.3 Å². The number of rotatable bonds is 7. The molecule has 0 aromatic heterocycles. The molecule has 3 rings (SSSR count). The van der Waals surface area contributed by atoms with Crippen molar-refractivity contribution in [2.45, 2.75) is 0 Å². The number of benzene rings is 3. The molecule has 0 fully saturated rings. The van der Waals surface area contributed by atoms with E-state index >= 15 is 0 Å². The summed E-state index contributed by atoms with van der Waals surface area (Å²) in [7, 11) is 0. The highest BCUT2D eigenvalue weighted by Crippen LogP contribution is 2.34. The van der Waals surface area contributed by atoms with Crippen molar-refractivity contribution in [3.63, 3.8) is 0 Å². The third-order valence-electron chi connectivity index (χ3n) is 4.23. The molecule has 0 radical (unpaired) electrons. The standard InChI is InChI=1S/C21H16Br2N4O6S/c22-13-2-7-16-12(9-13)1-8-17(20(16)23)33-10-18(28)24-21(34)26-25-19(29)11-32-15-5-3-14(4-6-15)27(30)31/h1-9H,10-11H2,(H,25,29)(H2,24,26,28,34). The average Bonchev–Trinajstić information content (AvgIpc) is 2.81. The molecule has 3 N–H and O–H groups in total. The van der Waals surface area contributed by atoms with Crippen LogP contribution in [0.5, 0.6) is 11.5 Å². The maximum Gasteiger partial charge on any atom is 0.276 e. The normalized spacial score (nSPS) is 10.3. The summed E-state index contributed by atoms with van der Waals surface area (Å²) in [5.41, 5.74) is 4.55. The Morgan fingerprint density at radius 2 is 1.65 bits per heavy atom. The molecule has 0 spiro atoms. The fraction of sp³-hybridized carbons (Fsp3) is 0.0952. The van der Waals surface area contributed by atoms with Gasteiger partial charge in [0.2, 0.25) is 0 Å². The highest BCUT2D eigenvalue weighted by Gasteiger charge is 2.11. The molecule has 0 saturated heterocycles. The Balaban J connectivity index is 1.40. The lowest BCUT2D eigenvalue weighted by molar-refractivity contribution is -0.384. The topological polar surface area (TPSA) is 132 Å². The number of hydrazine groups is 1. The van der Waals surface area contributed by atoms with Gasteiger partial charge >= 0.3 is 0 Å². The number of nitrogens with zero attached hydrogens (tertiary/aromatic N) is 1. The first-order valence-corrected chi connectivity index (χ1v) is 11.5. The van der Waals surface area contributed by atoms with Crippen molar-refractivity contribution >= 4 is 77.5 Å². The molecule has 34 heavy (non-hydrogen) atoms. The second kappa shape index (κ2) is 11.7. The van der Waals surface area contributed by atoms with Crippen LogP contribution in [0.15, 0.2) is 63.5 Å². The summed E-state index contributed by atoms with van der Waals surface area (Å²) >= 11 is 11.9. The first-order chi connectivity index (χ1) is 16.2. The quantitative estimate of drug-likeness (QED) is 0.209. The predicted octanol–water partition coefficient (Wildman–Crippen LogP) is 3.75. The number of carbonyl (C=O) groups excluding carboxylic acids is 2. The largest absolute Gasteiger partial charge is 0.484 e. The zero-order valence-electron chi connectivity index (χ0n) is 17.2. The summed E-state index contributed by atoms with van der Waals surface area (Å²) in [5.74, 6) is -0.351. The molecule has 0 aliphatic rings. The monoisotopic (exact) mass is 610 g/mol. The van der Waals surface area contributed by atoms with Crippen molar-refractivity contribution in [2.75, 3.05) is 13.2 Å². The molecule has 0 heterocycles. The summed E-state index contributed by atoms with van der Waals surface area (Å²) in [6, 6.07) is 14.7. The van der Waals surface area contributed by atoms with Crippen LogP contribution in [0.2, 0.25) is 0 Å². The molecule has 0 aliphatic carbocycles. The highest BCUT2D eigenvalue weighted by atomic mass is 79.9.